The predicted molar refractivity (Wildman–Crippen MR) is 52.7 cm³/mol. The molecule has 0 aliphatic rings. The van der Waals surface area contributed by atoms with Gasteiger partial charge in [-0.1, -0.05) is 37.3 Å². The Kier molecular flexibility index (Phi) is 3.26. The van der Waals surface area contributed by atoms with E-state index in [1.165, 1.54) is 0 Å². The summed E-state index contributed by atoms with van der Waals surface area (Å²) in [7, 11) is 0. The maximum absolute atomic E-state index is 10.8. The van der Waals surface area contributed by atoms with Crippen LogP contribution in [0.1, 0.15) is 29.3 Å². The fourth-order valence-corrected chi connectivity index (χ4v) is 1.08. The minimum absolute atomic E-state index is 0.354. The van der Waals surface area contributed by atoms with Crippen molar-refractivity contribution < 1.29 is 9.90 Å². The van der Waals surface area contributed by atoms with Gasteiger partial charge in [0.2, 0.25) is 0 Å². The van der Waals surface area contributed by atoms with E-state index in [4.69, 9.17) is 5.11 Å². The third-order valence-electron chi connectivity index (χ3n) is 1.72. The van der Waals surface area contributed by atoms with Crippen LogP contribution in [-0.2, 0) is 0 Å². The first-order valence-electron chi connectivity index (χ1n) is 4.24. The van der Waals surface area contributed by atoms with Crippen LogP contribution in [0.3, 0.4) is 0 Å². The Morgan fingerprint density at radius 3 is 2.77 bits per heavy atom. The summed E-state index contributed by atoms with van der Waals surface area (Å²) in [6.45, 7) is 2.01. The molecule has 13 heavy (non-hydrogen) atoms. The first-order chi connectivity index (χ1) is 6.25. The van der Waals surface area contributed by atoms with Gasteiger partial charge in [0.05, 0.1) is 5.56 Å². The molecule has 1 aromatic carbocycles. The van der Waals surface area contributed by atoms with Crippen molar-refractivity contribution in [3.63, 3.8) is 0 Å². The molecule has 1 aromatic rings. The van der Waals surface area contributed by atoms with Crippen LogP contribution >= 0.6 is 0 Å². The van der Waals surface area contributed by atoms with Gasteiger partial charge in [0.15, 0.2) is 0 Å². The Hall–Kier alpha value is -1.57. The van der Waals surface area contributed by atoms with Gasteiger partial charge >= 0.3 is 5.97 Å². The molecule has 0 unspecified atom stereocenters. The van der Waals surface area contributed by atoms with E-state index in [1.54, 1.807) is 18.2 Å². The molecule has 0 aliphatic carbocycles. The zero-order chi connectivity index (χ0) is 9.68. The normalized spacial score (nSPS) is 10.5. The zero-order valence-corrected chi connectivity index (χ0v) is 7.53. The lowest BCUT2D eigenvalue weighted by Crippen LogP contribution is -1.98. The summed E-state index contributed by atoms with van der Waals surface area (Å²) in [6.07, 6.45) is 4.69. The molecule has 0 amide bonds. The van der Waals surface area contributed by atoms with Crippen LogP contribution in [0.5, 0.6) is 0 Å². The fourth-order valence-electron chi connectivity index (χ4n) is 1.08. The van der Waals surface area contributed by atoms with Crippen molar-refractivity contribution in [2.45, 2.75) is 13.3 Å². The Bertz CT molecular complexity index is 327. The van der Waals surface area contributed by atoms with E-state index in [2.05, 4.69) is 0 Å². The summed E-state index contributed by atoms with van der Waals surface area (Å²) >= 11 is 0. The fraction of sp³-hybridized carbons (Fsp3) is 0.182. The molecule has 0 aliphatic heterocycles. The molecule has 2 nitrogen and oxygen atoms in total. The molecule has 0 aromatic heterocycles. The Morgan fingerprint density at radius 1 is 1.46 bits per heavy atom. The van der Waals surface area contributed by atoms with E-state index in [0.29, 0.717) is 5.56 Å². The number of hydrogen-bond acceptors (Lipinski definition) is 1. The average molecular weight is 176 g/mol. The summed E-state index contributed by atoms with van der Waals surface area (Å²) in [5, 5.41) is 8.83. The van der Waals surface area contributed by atoms with Crippen molar-refractivity contribution >= 4 is 12.0 Å². The van der Waals surface area contributed by atoms with E-state index in [-0.39, 0.29) is 0 Å². The number of allylic oxidation sites excluding steroid dienone is 1. The van der Waals surface area contributed by atoms with E-state index in [1.807, 2.05) is 25.1 Å². The lowest BCUT2D eigenvalue weighted by molar-refractivity contribution is 0.0696. The summed E-state index contributed by atoms with van der Waals surface area (Å²) in [5.41, 5.74) is 1.11. The van der Waals surface area contributed by atoms with E-state index >= 15 is 0 Å². The van der Waals surface area contributed by atoms with Crippen molar-refractivity contribution in [1.82, 2.24) is 0 Å². The first kappa shape index (κ1) is 9.52. The van der Waals surface area contributed by atoms with E-state index < -0.39 is 5.97 Å². The molecule has 0 spiro atoms. The van der Waals surface area contributed by atoms with E-state index in [0.717, 1.165) is 12.0 Å². The number of rotatable bonds is 3. The minimum atomic E-state index is -0.878. The van der Waals surface area contributed by atoms with Crippen LogP contribution in [0.2, 0.25) is 0 Å². The van der Waals surface area contributed by atoms with Gasteiger partial charge in [0.1, 0.15) is 0 Å². The third-order valence-corrected chi connectivity index (χ3v) is 1.72. The molecule has 2 heteroatoms. The average Bonchev–Trinajstić information content (AvgIpc) is 2.15. The van der Waals surface area contributed by atoms with Crippen LogP contribution in [0.15, 0.2) is 30.3 Å². The maximum Gasteiger partial charge on any atom is 0.336 e. The number of carboxylic acid groups (broad SMARTS) is 1. The molecule has 0 heterocycles. The highest BCUT2D eigenvalue weighted by Gasteiger charge is 2.05. The highest BCUT2D eigenvalue weighted by atomic mass is 16.4. The second-order valence-electron chi connectivity index (χ2n) is 2.70. The van der Waals surface area contributed by atoms with Gasteiger partial charge in [-0.25, -0.2) is 4.79 Å². The lowest BCUT2D eigenvalue weighted by atomic mass is 10.1. The van der Waals surface area contributed by atoms with Gasteiger partial charge in [0, 0.05) is 0 Å². The lowest BCUT2D eigenvalue weighted by Gasteiger charge is -1.98. The Morgan fingerprint density at radius 2 is 2.15 bits per heavy atom. The monoisotopic (exact) mass is 176 g/mol. The van der Waals surface area contributed by atoms with Gasteiger partial charge in [-0.3, -0.25) is 0 Å². The van der Waals surface area contributed by atoms with Crippen LogP contribution in [0.4, 0.5) is 0 Å². The Balaban J connectivity index is 3.05. The molecular formula is C11H12O2. The van der Waals surface area contributed by atoms with Crippen LogP contribution < -0.4 is 0 Å². The van der Waals surface area contributed by atoms with Crippen molar-refractivity contribution in [3.8, 4) is 0 Å². The zero-order valence-electron chi connectivity index (χ0n) is 7.53. The van der Waals surface area contributed by atoms with Gasteiger partial charge in [-0.15, -0.1) is 0 Å². The molecule has 0 radical (unpaired) electrons. The number of carbonyl (C=O) groups is 1. The standard InChI is InChI=1S/C11H12O2/c1-2-3-6-9-7-4-5-8-10(9)11(12)13/h3-8H,2H2,1H3,(H,12,13)/b6-3+. The van der Waals surface area contributed by atoms with Gasteiger partial charge in [-0.2, -0.15) is 0 Å². The molecule has 68 valence electrons. The minimum Gasteiger partial charge on any atom is -0.478 e. The van der Waals surface area contributed by atoms with Crippen molar-refractivity contribution in [1.29, 1.82) is 0 Å². The van der Waals surface area contributed by atoms with Crippen molar-refractivity contribution in [2.24, 2.45) is 0 Å². The van der Waals surface area contributed by atoms with Crippen LogP contribution in [0.25, 0.3) is 6.08 Å². The summed E-state index contributed by atoms with van der Waals surface area (Å²) in [6, 6.07) is 6.97. The second-order valence-corrected chi connectivity index (χ2v) is 2.70. The molecule has 0 saturated carbocycles. The first-order valence-corrected chi connectivity index (χ1v) is 4.24. The third kappa shape index (κ3) is 2.44. The molecule has 1 N–H and O–H groups in total. The van der Waals surface area contributed by atoms with Gasteiger partial charge < -0.3 is 5.11 Å². The molecule has 0 atom stereocenters. The highest BCUT2D eigenvalue weighted by molar-refractivity contribution is 5.92. The van der Waals surface area contributed by atoms with Gasteiger partial charge in [0.25, 0.3) is 0 Å². The second kappa shape index (κ2) is 4.45. The number of aromatic carboxylic acids is 1. The van der Waals surface area contributed by atoms with Gasteiger partial charge in [-0.05, 0) is 18.1 Å². The number of hydrogen-bond donors (Lipinski definition) is 1. The smallest absolute Gasteiger partial charge is 0.336 e. The van der Waals surface area contributed by atoms with Crippen molar-refractivity contribution in [3.05, 3.63) is 41.5 Å². The quantitative estimate of drug-likeness (QED) is 0.768. The maximum atomic E-state index is 10.8. The molecule has 0 fully saturated rings. The highest BCUT2D eigenvalue weighted by Crippen LogP contribution is 2.10. The number of benzene rings is 1. The molecular weight excluding hydrogens is 164 g/mol. The topological polar surface area (TPSA) is 37.3 Å². The van der Waals surface area contributed by atoms with Crippen LogP contribution in [0, 0.1) is 0 Å². The van der Waals surface area contributed by atoms with E-state index in [9.17, 15) is 4.79 Å². The largest absolute Gasteiger partial charge is 0.478 e. The molecule has 1 rings (SSSR count). The molecule has 0 saturated heterocycles. The SMILES string of the molecule is CC/C=C/c1ccccc1C(=O)O. The summed E-state index contributed by atoms with van der Waals surface area (Å²) < 4.78 is 0. The predicted octanol–water partition coefficient (Wildman–Crippen LogP) is 2.81. The summed E-state index contributed by atoms with van der Waals surface area (Å²) in [5.74, 6) is -0.878. The summed E-state index contributed by atoms with van der Waals surface area (Å²) in [4.78, 5) is 10.8. The number of carboxylic acids is 1. The molecule has 0 bridgehead atoms. The van der Waals surface area contributed by atoms with Crippen molar-refractivity contribution in [2.75, 3.05) is 0 Å². The van der Waals surface area contributed by atoms with Crippen LogP contribution in [-0.4, -0.2) is 11.1 Å². The Labute approximate surface area is 77.5 Å².